The summed E-state index contributed by atoms with van der Waals surface area (Å²) in [7, 11) is 0. The third-order valence-corrected chi connectivity index (χ3v) is 4.69. The maximum atomic E-state index is 12.1. The second-order valence-electron chi connectivity index (χ2n) is 4.19. The fourth-order valence-corrected chi connectivity index (χ4v) is 3.39. The summed E-state index contributed by atoms with van der Waals surface area (Å²) in [6, 6.07) is 3.75. The van der Waals surface area contributed by atoms with Gasteiger partial charge in [-0.2, -0.15) is 5.10 Å². The highest BCUT2D eigenvalue weighted by Crippen LogP contribution is 2.23. The monoisotopic (exact) mass is 326 g/mol. The molecule has 0 aromatic carbocycles. The first-order chi connectivity index (χ1) is 8.52. The Morgan fingerprint density at radius 3 is 2.67 bits per heavy atom. The summed E-state index contributed by atoms with van der Waals surface area (Å²) in [5.41, 5.74) is 3.37. The van der Waals surface area contributed by atoms with E-state index >= 15 is 0 Å². The maximum absolute atomic E-state index is 12.1. The Balaban J connectivity index is 2.22. The molecule has 0 N–H and O–H groups in total. The molecule has 0 aliphatic heterocycles. The molecule has 96 valence electrons. The molecule has 0 saturated heterocycles. The van der Waals surface area contributed by atoms with Gasteiger partial charge in [-0.3, -0.25) is 9.48 Å². The molecule has 18 heavy (non-hydrogen) atoms. The van der Waals surface area contributed by atoms with Crippen molar-refractivity contribution in [1.29, 1.82) is 0 Å². The van der Waals surface area contributed by atoms with E-state index in [4.69, 9.17) is 0 Å². The summed E-state index contributed by atoms with van der Waals surface area (Å²) in [4.78, 5) is 12.9. The topological polar surface area (TPSA) is 34.9 Å². The van der Waals surface area contributed by atoms with Crippen molar-refractivity contribution in [3.05, 3.63) is 37.7 Å². The summed E-state index contributed by atoms with van der Waals surface area (Å²) in [5.74, 6) is 0.110. The Bertz CT molecular complexity index is 586. The lowest BCUT2D eigenvalue weighted by molar-refractivity contribution is 0.0970. The zero-order valence-electron chi connectivity index (χ0n) is 10.7. The number of aromatic nitrogens is 2. The summed E-state index contributed by atoms with van der Waals surface area (Å²) in [6.45, 7) is 6.45. The molecule has 0 saturated carbocycles. The number of hydrogen-bond donors (Lipinski definition) is 0. The lowest BCUT2D eigenvalue weighted by atomic mass is 10.1. The van der Waals surface area contributed by atoms with Crippen LogP contribution in [0.1, 0.15) is 33.5 Å². The fourth-order valence-electron chi connectivity index (χ4n) is 2.08. The molecule has 0 amide bonds. The number of rotatable bonds is 4. The van der Waals surface area contributed by atoms with Gasteiger partial charge in [0.15, 0.2) is 5.78 Å². The van der Waals surface area contributed by atoms with Crippen LogP contribution < -0.4 is 0 Å². The number of hydrogen-bond acceptors (Lipinski definition) is 3. The van der Waals surface area contributed by atoms with Crippen LogP contribution in [0.3, 0.4) is 0 Å². The van der Waals surface area contributed by atoms with Crippen molar-refractivity contribution in [2.45, 2.75) is 33.7 Å². The van der Waals surface area contributed by atoms with Crippen LogP contribution in [0.4, 0.5) is 0 Å². The molecular formula is C13H15BrN2OS. The fraction of sp³-hybridized carbons (Fsp3) is 0.385. The minimum Gasteiger partial charge on any atom is -0.291 e. The SMILES string of the molecule is CCc1c(C)nn(CC(=O)c2ccc(Br)s2)c1C. The minimum atomic E-state index is 0.110. The first kappa shape index (κ1) is 13.5. The second-order valence-corrected chi connectivity index (χ2v) is 6.65. The van der Waals surface area contributed by atoms with Crippen LogP contribution in [-0.4, -0.2) is 15.6 Å². The Hall–Kier alpha value is -0.940. The van der Waals surface area contributed by atoms with E-state index in [1.165, 1.54) is 16.9 Å². The van der Waals surface area contributed by atoms with Gasteiger partial charge in [0.05, 0.1) is 14.4 Å². The van der Waals surface area contributed by atoms with Crippen molar-refractivity contribution in [2.24, 2.45) is 0 Å². The number of carbonyl (C=O) groups is 1. The number of Topliss-reactive ketones (excluding diaryl/α,β-unsaturated/α-hetero) is 1. The van der Waals surface area contributed by atoms with Crippen LogP contribution in [0.25, 0.3) is 0 Å². The molecule has 0 atom stereocenters. The van der Waals surface area contributed by atoms with Gasteiger partial charge in [0.25, 0.3) is 0 Å². The van der Waals surface area contributed by atoms with Crippen molar-refractivity contribution < 1.29 is 4.79 Å². The van der Waals surface area contributed by atoms with E-state index in [0.717, 1.165) is 26.5 Å². The Morgan fingerprint density at radius 1 is 1.44 bits per heavy atom. The number of aryl methyl sites for hydroxylation is 1. The molecule has 0 unspecified atom stereocenters. The quantitative estimate of drug-likeness (QED) is 0.801. The Labute approximate surface area is 119 Å². The van der Waals surface area contributed by atoms with Crippen LogP contribution >= 0.6 is 27.3 Å². The normalized spacial score (nSPS) is 10.9. The lowest BCUT2D eigenvalue weighted by Crippen LogP contribution is -2.12. The van der Waals surface area contributed by atoms with Crippen LogP contribution in [0.2, 0.25) is 0 Å². The van der Waals surface area contributed by atoms with Gasteiger partial charge in [-0.25, -0.2) is 0 Å². The van der Waals surface area contributed by atoms with Gasteiger partial charge in [0.2, 0.25) is 0 Å². The number of carbonyl (C=O) groups excluding carboxylic acids is 1. The largest absolute Gasteiger partial charge is 0.291 e. The number of nitrogens with zero attached hydrogens (tertiary/aromatic N) is 2. The number of halogens is 1. The predicted molar refractivity (Wildman–Crippen MR) is 77.4 cm³/mol. The minimum absolute atomic E-state index is 0.110. The average Bonchev–Trinajstić information content (AvgIpc) is 2.85. The van der Waals surface area contributed by atoms with Crippen molar-refractivity contribution in [3.8, 4) is 0 Å². The summed E-state index contributed by atoms with van der Waals surface area (Å²) in [6.07, 6.45) is 0.955. The van der Waals surface area contributed by atoms with Crippen LogP contribution in [0.5, 0.6) is 0 Å². The van der Waals surface area contributed by atoms with E-state index in [2.05, 4.69) is 28.0 Å². The van der Waals surface area contributed by atoms with Crippen molar-refractivity contribution in [1.82, 2.24) is 9.78 Å². The molecule has 2 heterocycles. The predicted octanol–water partition coefficient (Wildman–Crippen LogP) is 3.77. The standard InChI is InChI=1S/C13H15BrN2OS/c1-4-10-8(2)15-16(9(10)3)7-11(17)12-5-6-13(14)18-12/h5-6H,4,7H2,1-3H3. The molecule has 2 aromatic heterocycles. The van der Waals surface area contributed by atoms with Crippen molar-refractivity contribution >= 4 is 33.0 Å². The second kappa shape index (κ2) is 5.36. The molecule has 0 bridgehead atoms. The lowest BCUT2D eigenvalue weighted by Gasteiger charge is -2.03. The van der Waals surface area contributed by atoms with Crippen molar-refractivity contribution in [2.75, 3.05) is 0 Å². The third-order valence-electron chi connectivity index (χ3n) is 3.03. The Kier molecular flexibility index (Phi) is 4.02. The van der Waals surface area contributed by atoms with E-state index in [-0.39, 0.29) is 5.78 Å². The molecule has 5 heteroatoms. The van der Waals surface area contributed by atoms with Gasteiger partial charge in [0, 0.05) is 5.69 Å². The Morgan fingerprint density at radius 2 is 2.17 bits per heavy atom. The van der Waals surface area contributed by atoms with E-state index in [1.807, 2.05) is 30.7 Å². The number of ketones is 1. The van der Waals surface area contributed by atoms with Gasteiger partial charge >= 0.3 is 0 Å². The van der Waals surface area contributed by atoms with Crippen LogP contribution in [-0.2, 0) is 13.0 Å². The summed E-state index contributed by atoms with van der Waals surface area (Å²) < 4.78 is 2.79. The smallest absolute Gasteiger partial charge is 0.194 e. The van der Waals surface area contributed by atoms with Crippen molar-refractivity contribution in [3.63, 3.8) is 0 Å². The van der Waals surface area contributed by atoms with Gasteiger partial charge < -0.3 is 0 Å². The van der Waals surface area contributed by atoms with E-state index in [9.17, 15) is 4.79 Å². The molecule has 0 spiro atoms. The number of thiophene rings is 1. The molecule has 3 nitrogen and oxygen atoms in total. The molecule has 0 fully saturated rings. The van der Waals surface area contributed by atoms with Gasteiger partial charge in [-0.1, -0.05) is 6.92 Å². The molecular weight excluding hydrogens is 312 g/mol. The maximum Gasteiger partial charge on any atom is 0.194 e. The molecule has 2 rings (SSSR count). The highest BCUT2D eigenvalue weighted by molar-refractivity contribution is 9.11. The summed E-state index contributed by atoms with van der Waals surface area (Å²) >= 11 is 4.83. The molecule has 0 aliphatic rings. The van der Waals surface area contributed by atoms with Crippen LogP contribution in [0.15, 0.2) is 15.9 Å². The average molecular weight is 327 g/mol. The zero-order valence-corrected chi connectivity index (χ0v) is 13.1. The first-order valence-corrected chi connectivity index (χ1v) is 7.45. The molecule has 0 aliphatic carbocycles. The molecule has 0 radical (unpaired) electrons. The van der Waals surface area contributed by atoms with E-state index < -0.39 is 0 Å². The third kappa shape index (κ3) is 2.57. The zero-order chi connectivity index (χ0) is 13.3. The highest BCUT2D eigenvalue weighted by atomic mass is 79.9. The van der Waals surface area contributed by atoms with Gasteiger partial charge in [-0.05, 0) is 53.9 Å². The van der Waals surface area contributed by atoms with Gasteiger partial charge in [0.1, 0.15) is 6.54 Å². The van der Waals surface area contributed by atoms with Gasteiger partial charge in [-0.15, -0.1) is 11.3 Å². The summed E-state index contributed by atoms with van der Waals surface area (Å²) in [5, 5.41) is 4.44. The highest BCUT2D eigenvalue weighted by Gasteiger charge is 2.14. The van der Waals surface area contributed by atoms with E-state index in [1.54, 1.807) is 0 Å². The first-order valence-electron chi connectivity index (χ1n) is 5.84. The molecule has 2 aromatic rings. The van der Waals surface area contributed by atoms with Crippen LogP contribution in [0, 0.1) is 13.8 Å². The van der Waals surface area contributed by atoms with E-state index in [0.29, 0.717) is 6.54 Å².